The third-order valence-corrected chi connectivity index (χ3v) is 6.55. The second-order valence-electron chi connectivity index (χ2n) is 9.20. The maximum Gasteiger partial charge on any atom is 0.573 e. The third kappa shape index (κ3) is 6.63. The maximum absolute atomic E-state index is 14.2. The quantitative estimate of drug-likeness (QED) is 0.216. The zero-order valence-electron chi connectivity index (χ0n) is 19.9. The highest BCUT2D eigenvalue weighted by molar-refractivity contribution is 6.48. The molecule has 0 heterocycles. The molecule has 37 heavy (non-hydrogen) atoms. The van der Waals surface area contributed by atoms with Gasteiger partial charge in [0.15, 0.2) is 11.6 Å². The van der Waals surface area contributed by atoms with Crippen LogP contribution in [0.25, 0.3) is 5.03 Å². The van der Waals surface area contributed by atoms with E-state index in [-0.39, 0.29) is 24.0 Å². The van der Waals surface area contributed by atoms with Crippen LogP contribution in [-0.4, -0.2) is 12.3 Å². The van der Waals surface area contributed by atoms with Crippen LogP contribution in [0.3, 0.4) is 0 Å². The molecule has 194 valence electrons. The van der Waals surface area contributed by atoms with Gasteiger partial charge in [-0.15, -0.1) is 13.2 Å². The lowest BCUT2D eigenvalue weighted by molar-refractivity contribution is -0.274. The molecule has 4 rings (SSSR count). The van der Waals surface area contributed by atoms with E-state index in [0.717, 1.165) is 0 Å². The molecule has 2 unspecified atom stereocenters. The molecule has 0 aromatic heterocycles. The first kappa shape index (κ1) is 26.5. The molecule has 2 atom stereocenters. The first-order valence-corrected chi connectivity index (χ1v) is 11.7. The molecule has 3 aromatic rings. The number of hydrogen-bond donors (Lipinski definition) is 0. The second-order valence-corrected chi connectivity index (χ2v) is 9.61. The molecular formula is C28H23ClF4O4. The van der Waals surface area contributed by atoms with Crippen LogP contribution in [0.4, 0.5) is 17.6 Å². The predicted molar refractivity (Wildman–Crippen MR) is 130 cm³/mol. The molecule has 0 N–H and O–H groups in total. The van der Waals surface area contributed by atoms with Crippen molar-refractivity contribution in [2.75, 3.05) is 0 Å². The lowest BCUT2D eigenvalue weighted by atomic mass is 10.1. The van der Waals surface area contributed by atoms with Gasteiger partial charge < -0.3 is 14.2 Å². The molecule has 3 aromatic carbocycles. The van der Waals surface area contributed by atoms with Gasteiger partial charge in [0.05, 0.1) is 5.92 Å². The first-order valence-electron chi connectivity index (χ1n) is 11.4. The summed E-state index contributed by atoms with van der Waals surface area (Å²) in [7, 11) is 0. The van der Waals surface area contributed by atoms with Crippen molar-refractivity contribution in [3.8, 4) is 17.2 Å². The molecule has 0 radical (unpaired) electrons. The SMILES string of the molecule is CC1(C)C(C=C(Cl)c2ccc(OC(F)(F)F)cc2)C1C(=O)OCc1ccc(F)c(Oc2ccccc2)c1. The number of alkyl halides is 3. The monoisotopic (exact) mass is 534 g/mol. The van der Waals surface area contributed by atoms with Gasteiger partial charge in [0.2, 0.25) is 0 Å². The molecular weight excluding hydrogens is 512 g/mol. The number of carbonyl (C=O) groups is 1. The second kappa shape index (κ2) is 10.5. The van der Waals surface area contributed by atoms with Gasteiger partial charge in [-0.05, 0) is 71.0 Å². The molecule has 1 aliphatic rings. The Labute approximate surface area is 216 Å². The molecule has 4 nitrogen and oxygen atoms in total. The Morgan fingerprint density at radius 3 is 2.32 bits per heavy atom. The van der Waals surface area contributed by atoms with E-state index in [1.54, 1.807) is 30.3 Å². The predicted octanol–water partition coefficient (Wildman–Crippen LogP) is 8.11. The van der Waals surface area contributed by atoms with Gasteiger partial charge in [0.25, 0.3) is 0 Å². The van der Waals surface area contributed by atoms with E-state index < -0.39 is 29.5 Å². The van der Waals surface area contributed by atoms with E-state index in [9.17, 15) is 22.4 Å². The van der Waals surface area contributed by atoms with Crippen molar-refractivity contribution in [3.05, 3.63) is 95.8 Å². The largest absolute Gasteiger partial charge is 0.573 e. The number of halogens is 5. The fourth-order valence-electron chi connectivity index (χ4n) is 4.08. The molecule has 0 aliphatic heterocycles. The molecule has 1 fully saturated rings. The Morgan fingerprint density at radius 1 is 1.00 bits per heavy atom. The summed E-state index contributed by atoms with van der Waals surface area (Å²) in [5.41, 5.74) is 0.620. The van der Waals surface area contributed by atoms with E-state index in [4.69, 9.17) is 21.1 Å². The van der Waals surface area contributed by atoms with Gasteiger partial charge in [-0.25, -0.2) is 4.39 Å². The average Bonchev–Trinajstić information content (AvgIpc) is 3.38. The Bertz CT molecular complexity index is 1290. The molecule has 1 aliphatic carbocycles. The highest BCUT2D eigenvalue weighted by atomic mass is 35.5. The molecule has 0 spiro atoms. The fourth-order valence-corrected chi connectivity index (χ4v) is 4.35. The van der Waals surface area contributed by atoms with Gasteiger partial charge in [0, 0.05) is 5.03 Å². The van der Waals surface area contributed by atoms with Crippen molar-refractivity contribution in [1.29, 1.82) is 0 Å². The van der Waals surface area contributed by atoms with Gasteiger partial charge in [-0.3, -0.25) is 4.79 Å². The minimum Gasteiger partial charge on any atom is -0.461 e. The van der Waals surface area contributed by atoms with Crippen LogP contribution in [0, 0.1) is 23.1 Å². The number of carbonyl (C=O) groups excluding carboxylic acids is 1. The van der Waals surface area contributed by atoms with Crippen LogP contribution in [-0.2, 0) is 16.1 Å². The number of hydrogen-bond acceptors (Lipinski definition) is 4. The topological polar surface area (TPSA) is 44.8 Å². The van der Waals surface area contributed by atoms with E-state index in [1.807, 2.05) is 19.9 Å². The number of esters is 1. The van der Waals surface area contributed by atoms with E-state index in [2.05, 4.69) is 4.74 Å². The zero-order valence-corrected chi connectivity index (χ0v) is 20.6. The van der Waals surface area contributed by atoms with Crippen molar-refractivity contribution < 1.29 is 36.6 Å². The smallest absolute Gasteiger partial charge is 0.461 e. The lowest BCUT2D eigenvalue weighted by Gasteiger charge is -2.10. The number of ether oxygens (including phenoxy) is 3. The van der Waals surface area contributed by atoms with Crippen LogP contribution < -0.4 is 9.47 Å². The van der Waals surface area contributed by atoms with Crippen molar-refractivity contribution in [2.45, 2.75) is 26.8 Å². The minimum absolute atomic E-state index is 0.0192. The highest BCUT2D eigenvalue weighted by Gasteiger charge is 2.61. The summed E-state index contributed by atoms with van der Waals surface area (Å²) in [4.78, 5) is 12.8. The van der Waals surface area contributed by atoms with Gasteiger partial charge in [-0.1, -0.05) is 55.8 Å². The van der Waals surface area contributed by atoms with Crippen LogP contribution in [0.5, 0.6) is 17.2 Å². The molecule has 9 heteroatoms. The summed E-state index contributed by atoms with van der Waals surface area (Å²) in [6.45, 7) is 3.73. The number of para-hydroxylation sites is 1. The number of benzene rings is 3. The summed E-state index contributed by atoms with van der Waals surface area (Å²) in [5.74, 6) is -1.53. The Morgan fingerprint density at radius 2 is 1.68 bits per heavy atom. The standard InChI is InChI=1S/C28H23ClF4O4/c1-27(2)21(15-22(29)18-9-11-20(12-10-18)37-28(31,32)33)25(27)26(34)35-16-17-8-13-23(30)24(14-17)36-19-6-4-3-5-7-19/h3-15,21,25H,16H2,1-2H3. The molecule has 0 bridgehead atoms. The lowest BCUT2D eigenvalue weighted by Crippen LogP contribution is -2.16. The Hall–Kier alpha value is -3.52. The molecule has 0 amide bonds. The third-order valence-electron chi connectivity index (χ3n) is 6.20. The normalized spacial score (nSPS) is 18.7. The summed E-state index contributed by atoms with van der Waals surface area (Å²) in [6.07, 6.45) is -3.08. The Kier molecular flexibility index (Phi) is 7.50. The van der Waals surface area contributed by atoms with Crippen molar-refractivity contribution in [3.63, 3.8) is 0 Å². The first-order chi connectivity index (χ1) is 17.4. The Balaban J connectivity index is 1.38. The van der Waals surface area contributed by atoms with Gasteiger partial charge >= 0.3 is 12.3 Å². The summed E-state index contributed by atoms with van der Waals surface area (Å²) < 4.78 is 66.2. The number of rotatable bonds is 8. The maximum atomic E-state index is 14.2. The average molecular weight is 535 g/mol. The van der Waals surface area contributed by atoms with Crippen molar-refractivity contribution in [1.82, 2.24) is 0 Å². The minimum atomic E-state index is -4.78. The molecule has 1 saturated carbocycles. The summed E-state index contributed by atoms with van der Waals surface area (Å²) >= 11 is 6.39. The molecule has 0 saturated heterocycles. The van der Waals surface area contributed by atoms with Crippen LogP contribution >= 0.6 is 11.6 Å². The highest BCUT2D eigenvalue weighted by Crippen LogP contribution is 2.60. The van der Waals surface area contributed by atoms with Gasteiger partial charge in [-0.2, -0.15) is 0 Å². The number of allylic oxidation sites excluding steroid dienone is 1. The van der Waals surface area contributed by atoms with Crippen LogP contribution in [0.1, 0.15) is 25.0 Å². The zero-order chi connectivity index (χ0) is 26.8. The van der Waals surface area contributed by atoms with Crippen LogP contribution in [0.2, 0.25) is 0 Å². The van der Waals surface area contributed by atoms with Gasteiger partial charge in [0.1, 0.15) is 18.1 Å². The summed E-state index contributed by atoms with van der Waals surface area (Å²) in [6, 6.07) is 18.1. The van der Waals surface area contributed by atoms with E-state index in [0.29, 0.717) is 21.9 Å². The van der Waals surface area contributed by atoms with Crippen molar-refractivity contribution >= 4 is 22.6 Å². The van der Waals surface area contributed by atoms with E-state index >= 15 is 0 Å². The van der Waals surface area contributed by atoms with Crippen LogP contribution in [0.15, 0.2) is 78.9 Å². The van der Waals surface area contributed by atoms with E-state index in [1.165, 1.54) is 42.5 Å². The van der Waals surface area contributed by atoms with Crippen molar-refractivity contribution in [2.24, 2.45) is 17.3 Å². The summed E-state index contributed by atoms with van der Waals surface area (Å²) in [5, 5.41) is 0.299. The fraction of sp³-hybridized carbons (Fsp3) is 0.250.